The first-order valence-corrected chi connectivity index (χ1v) is 10.0. The van der Waals surface area contributed by atoms with E-state index < -0.39 is 11.9 Å². The quantitative estimate of drug-likeness (QED) is 0.400. The number of hydrogen-bond donors (Lipinski definition) is 4. The van der Waals surface area contributed by atoms with E-state index in [1.54, 1.807) is 4.57 Å². The van der Waals surface area contributed by atoms with Crippen LogP contribution in [0.15, 0.2) is 77.7 Å². The lowest BCUT2D eigenvalue weighted by atomic mass is 10.0. The summed E-state index contributed by atoms with van der Waals surface area (Å²) >= 11 is 0. The van der Waals surface area contributed by atoms with E-state index in [9.17, 15) is 19.2 Å². The fraction of sp³-hybridized carbons (Fsp3) is 0.167. The topological polar surface area (TPSA) is 152 Å². The van der Waals surface area contributed by atoms with Crippen molar-refractivity contribution in [3.8, 4) is 11.1 Å². The second kappa shape index (κ2) is 12.0. The zero-order chi connectivity index (χ0) is 24.4. The number of pyridine rings is 1. The van der Waals surface area contributed by atoms with Gasteiger partial charge in [0.05, 0.1) is 6.54 Å². The Morgan fingerprint density at radius 2 is 1.52 bits per heavy atom. The van der Waals surface area contributed by atoms with Crippen molar-refractivity contribution in [3.05, 3.63) is 83.3 Å². The predicted molar refractivity (Wildman–Crippen MR) is 125 cm³/mol. The lowest BCUT2D eigenvalue weighted by Crippen LogP contribution is -2.41. The molecular formula is C24H25N3O6. The van der Waals surface area contributed by atoms with E-state index in [1.165, 1.54) is 0 Å². The smallest absolute Gasteiger partial charge is 0.328 e. The van der Waals surface area contributed by atoms with Crippen LogP contribution < -0.4 is 16.6 Å². The highest BCUT2D eigenvalue weighted by Gasteiger charge is 2.13. The zero-order valence-corrected chi connectivity index (χ0v) is 18.0. The third kappa shape index (κ3) is 7.44. The second-order valence-electron chi connectivity index (χ2n) is 7.09. The van der Waals surface area contributed by atoms with Crippen molar-refractivity contribution in [1.82, 2.24) is 9.88 Å². The van der Waals surface area contributed by atoms with Crippen molar-refractivity contribution in [1.29, 1.82) is 0 Å². The van der Waals surface area contributed by atoms with Gasteiger partial charge in [-0.1, -0.05) is 48.5 Å². The Labute approximate surface area is 189 Å². The molecule has 3 aromatic rings. The van der Waals surface area contributed by atoms with Crippen molar-refractivity contribution >= 4 is 28.6 Å². The number of hydrogen-bond acceptors (Lipinski definition) is 5. The van der Waals surface area contributed by atoms with Crippen LogP contribution in [0.3, 0.4) is 0 Å². The molecule has 33 heavy (non-hydrogen) atoms. The van der Waals surface area contributed by atoms with E-state index in [2.05, 4.69) is 5.32 Å². The molecule has 172 valence electrons. The zero-order valence-electron chi connectivity index (χ0n) is 18.0. The number of fused-ring (bicyclic) bond motifs is 1. The van der Waals surface area contributed by atoms with Crippen molar-refractivity contribution in [3.63, 3.8) is 0 Å². The van der Waals surface area contributed by atoms with Gasteiger partial charge in [0.15, 0.2) is 0 Å². The third-order valence-corrected chi connectivity index (χ3v) is 4.51. The summed E-state index contributed by atoms with van der Waals surface area (Å²) in [5.41, 5.74) is 7.31. The SMILES string of the molecule is CC(Cn1cc(-c2ccccc2)c2ccccc2c1=O)NC(=O)CN.O=C(O)/C=C\C(=O)O. The Bertz CT molecular complexity index is 1200. The number of nitrogens with zero attached hydrogens (tertiary/aromatic N) is 1. The Morgan fingerprint density at radius 1 is 0.970 bits per heavy atom. The molecule has 0 saturated carbocycles. The molecule has 1 unspecified atom stereocenters. The van der Waals surface area contributed by atoms with Crippen LogP contribution in [0.4, 0.5) is 0 Å². The van der Waals surface area contributed by atoms with Gasteiger partial charge in [0, 0.05) is 41.9 Å². The number of benzene rings is 2. The Kier molecular flexibility index (Phi) is 9.07. The van der Waals surface area contributed by atoms with Gasteiger partial charge in [-0.25, -0.2) is 9.59 Å². The van der Waals surface area contributed by atoms with Crippen LogP contribution in [0.2, 0.25) is 0 Å². The molecule has 0 spiro atoms. The standard InChI is InChI=1S/C20H21N3O2.C4H4O4/c1-14(22-19(24)11-21)12-23-13-18(15-7-3-2-4-8-15)16-9-5-6-10-17(16)20(23)25;5-3(6)1-2-4(7)8/h2-10,13-14H,11-12,21H2,1H3,(H,22,24);1-2H,(H,5,6)(H,7,8)/b;2-1-. The molecule has 1 aromatic heterocycles. The first-order chi connectivity index (χ1) is 15.7. The van der Waals surface area contributed by atoms with Gasteiger partial charge in [-0.3, -0.25) is 9.59 Å². The molecule has 1 amide bonds. The molecule has 3 rings (SSSR count). The Morgan fingerprint density at radius 3 is 2.06 bits per heavy atom. The van der Waals surface area contributed by atoms with Crippen LogP contribution in [0.25, 0.3) is 21.9 Å². The van der Waals surface area contributed by atoms with Crippen molar-refractivity contribution in [2.75, 3.05) is 6.54 Å². The number of carboxylic acids is 2. The molecule has 0 bridgehead atoms. The van der Waals surface area contributed by atoms with E-state index in [4.69, 9.17) is 15.9 Å². The number of carbonyl (C=O) groups is 3. The van der Waals surface area contributed by atoms with Gasteiger partial charge in [-0.2, -0.15) is 0 Å². The molecule has 0 aliphatic carbocycles. The van der Waals surface area contributed by atoms with Gasteiger partial charge in [0.2, 0.25) is 5.91 Å². The van der Waals surface area contributed by atoms with Crippen LogP contribution in [0, 0.1) is 0 Å². The summed E-state index contributed by atoms with van der Waals surface area (Å²) in [5.74, 6) is -2.75. The van der Waals surface area contributed by atoms with Crippen molar-refractivity contribution in [2.24, 2.45) is 5.73 Å². The summed E-state index contributed by atoms with van der Waals surface area (Å²) in [6.45, 7) is 2.18. The maximum absolute atomic E-state index is 12.8. The molecule has 0 saturated heterocycles. The van der Waals surface area contributed by atoms with E-state index in [0.717, 1.165) is 16.5 Å². The van der Waals surface area contributed by atoms with Gasteiger partial charge in [0.1, 0.15) is 0 Å². The van der Waals surface area contributed by atoms with Gasteiger partial charge in [-0.15, -0.1) is 0 Å². The van der Waals surface area contributed by atoms with E-state index in [1.807, 2.05) is 67.7 Å². The summed E-state index contributed by atoms with van der Waals surface area (Å²) in [4.78, 5) is 43.4. The Hall–Kier alpha value is -4.24. The molecule has 9 nitrogen and oxygen atoms in total. The van der Waals surface area contributed by atoms with Gasteiger partial charge in [0.25, 0.3) is 5.56 Å². The minimum atomic E-state index is -1.26. The average Bonchev–Trinajstić information content (AvgIpc) is 2.80. The van der Waals surface area contributed by atoms with Gasteiger partial charge < -0.3 is 25.8 Å². The molecule has 2 aromatic carbocycles. The molecule has 1 atom stereocenters. The van der Waals surface area contributed by atoms with E-state index in [0.29, 0.717) is 24.1 Å². The monoisotopic (exact) mass is 451 g/mol. The molecule has 5 N–H and O–H groups in total. The van der Waals surface area contributed by atoms with E-state index >= 15 is 0 Å². The summed E-state index contributed by atoms with van der Waals surface area (Å²) in [6.07, 6.45) is 2.98. The fourth-order valence-corrected chi connectivity index (χ4v) is 3.14. The number of nitrogens with one attached hydrogen (secondary N) is 1. The van der Waals surface area contributed by atoms with E-state index in [-0.39, 0.29) is 24.1 Å². The van der Waals surface area contributed by atoms with Crippen LogP contribution in [0.1, 0.15) is 6.92 Å². The lowest BCUT2D eigenvalue weighted by Gasteiger charge is -2.17. The first kappa shape index (κ1) is 25.0. The summed E-state index contributed by atoms with van der Waals surface area (Å²) in [5, 5.41) is 20.0. The normalized spacial score (nSPS) is 11.5. The van der Waals surface area contributed by atoms with Crippen LogP contribution in [-0.2, 0) is 20.9 Å². The Balaban J connectivity index is 0.000000414. The molecule has 0 aliphatic rings. The fourth-order valence-electron chi connectivity index (χ4n) is 3.14. The van der Waals surface area contributed by atoms with Gasteiger partial charge in [-0.05, 0) is 23.9 Å². The van der Waals surface area contributed by atoms with Crippen molar-refractivity contribution < 1.29 is 24.6 Å². The molecule has 0 radical (unpaired) electrons. The van der Waals surface area contributed by atoms with Crippen LogP contribution in [0.5, 0.6) is 0 Å². The number of nitrogens with two attached hydrogens (primary N) is 1. The molecule has 1 heterocycles. The molecule has 0 aliphatic heterocycles. The number of aliphatic carboxylic acids is 2. The molecule has 9 heteroatoms. The number of carboxylic acid groups (broad SMARTS) is 2. The summed E-state index contributed by atoms with van der Waals surface area (Å²) in [7, 11) is 0. The number of aromatic nitrogens is 1. The van der Waals surface area contributed by atoms with Crippen molar-refractivity contribution in [2.45, 2.75) is 19.5 Å². The minimum absolute atomic E-state index is 0.0633. The first-order valence-electron chi connectivity index (χ1n) is 10.0. The predicted octanol–water partition coefficient (Wildman–Crippen LogP) is 1.84. The number of amides is 1. The maximum Gasteiger partial charge on any atom is 0.328 e. The second-order valence-corrected chi connectivity index (χ2v) is 7.09. The molecular weight excluding hydrogens is 426 g/mol. The summed E-state index contributed by atoms with van der Waals surface area (Å²) < 4.78 is 1.66. The molecule has 0 fully saturated rings. The van der Waals surface area contributed by atoms with Crippen LogP contribution in [-0.4, -0.2) is 45.2 Å². The number of rotatable bonds is 7. The largest absolute Gasteiger partial charge is 0.478 e. The lowest BCUT2D eigenvalue weighted by molar-refractivity contribution is -0.134. The van der Waals surface area contributed by atoms with Gasteiger partial charge >= 0.3 is 11.9 Å². The highest BCUT2D eigenvalue weighted by atomic mass is 16.4. The third-order valence-electron chi connectivity index (χ3n) is 4.51. The summed E-state index contributed by atoms with van der Waals surface area (Å²) in [6, 6.07) is 17.4. The average molecular weight is 451 g/mol. The highest BCUT2D eigenvalue weighted by molar-refractivity contribution is 5.95. The minimum Gasteiger partial charge on any atom is -0.478 e. The maximum atomic E-state index is 12.8. The van der Waals surface area contributed by atoms with Crippen LogP contribution >= 0.6 is 0 Å². The number of carbonyl (C=O) groups excluding carboxylic acids is 1. The highest BCUT2D eigenvalue weighted by Crippen LogP contribution is 2.26.